The predicted molar refractivity (Wildman–Crippen MR) is 79.4 cm³/mol. The van der Waals surface area contributed by atoms with E-state index in [9.17, 15) is 14.3 Å². The topological polar surface area (TPSA) is 55.1 Å². The van der Waals surface area contributed by atoms with Crippen LogP contribution >= 0.6 is 15.9 Å². The van der Waals surface area contributed by atoms with Gasteiger partial charge in [-0.2, -0.15) is 5.10 Å². The molecule has 1 N–H and O–H groups in total. The Kier molecular flexibility index (Phi) is 3.57. The number of carbonyl (C=O) groups is 1. The molecular weight excluding hydrogens is 339 g/mol. The Morgan fingerprint density at radius 3 is 2.95 bits per heavy atom. The smallest absolute Gasteiger partial charge is 0.356 e. The molecule has 0 aliphatic heterocycles. The molecule has 4 nitrogen and oxygen atoms in total. The molecule has 0 saturated carbocycles. The van der Waals surface area contributed by atoms with Crippen molar-refractivity contribution < 1.29 is 14.3 Å². The zero-order valence-electron chi connectivity index (χ0n) is 11.4. The summed E-state index contributed by atoms with van der Waals surface area (Å²) in [5.41, 5.74) is 2.50. The van der Waals surface area contributed by atoms with E-state index in [1.165, 1.54) is 6.07 Å². The van der Waals surface area contributed by atoms with Gasteiger partial charge in [-0.1, -0.05) is 6.92 Å². The molecule has 1 aromatic heterocycles. The molecular formula is C15H14BrFN2O2. The van der Waals surface area contributed by atoms with E-state index in [-0.39, 0.29) is 11.5 Å². The minimum Gasteiger partial charge on any atom is -0.476 e. The molecule has 0 saturated heterocycles. The molecule has 1 aliphatic rings. The van der Waals surface area contributed by atoms with E-state index < -0.39 is 5.97 Å². The lowest BCUT2D eigenvalue weighted by Gasteiger charge is -2.19. The van der Waals surface area contributed by atoms with Crippen molar-refractivity contribution in [1.82, 2.24) is 9.78 Å². The molecule has 3 rings (SSSR count). The molecule has 0 amide bonds. The van der Waals surface area contributed by atoms with Crippen molar-refractivity contribution in [2.45, 2.75) is 26.2 Å². The Hall–Kier alpha value is -1.69. The van der Waals surface area contributed by atoms with Crippen molar-refractivity contribution in [2.75, 3.05) is 0 Å². The number of nitrogens with zero attached hydrogens (tertiary/aromatic N) is 2. The van der Waals surface area contributed by atoms with Gasteiger partial charge in [0.25, 0.3) is 0 Å². The van der Waals surface area contributed by atoms with Crippen molar-refractivity contribution in [3.63, 3.8) is 0 Å². The molecule has 110 valence electrons. The molecule has 1 atom stereocenters. The first kappa shape index (κ1) is 14.3. The van der Waals surface area contributed by atoms with Gasteiger partial charge in [-0.15, -0.1) is 0 Å². The summed E-state index contributed by atoms with van der Waals surface area (Å²) in [7, 11) is 0. The summed E-state index contributed by atoms with van der Waals surface area (Å²) in [5, 5.41) is 13.6. The zero-order chi connectivity index (χ0) is 15.1. The summed E-state index contributed by atoms with van der Waals surface area (Å²) < 4.78 is 15.3. The molecule has 1 aromatic carbocycles. The number of carboxylic acid groups (broad SMARTS) is 1. The number of rotatable bonds is 2. The van der Waals surface area contributed by atoms with Crippen LogP contribution in [-0.4, -0.2) is 20.9 Å². The van der Waals surface area contributed by atoms with Crippen LogP contribution in [0.2, 0.25) is 0 Å². The zero-order valence-corrected chi connectivity index (χ0v) is 13.0. The van der Waals surface area contributed by atoms with Gasteiger partial charge in [0.2, 0.25) is 0 Å². The number of halogens is 2. The van der Waals surface area contributed by atoms with E-state index in [0.29, 0.717) is 16.1 Å². The van der Waals surface area contributed by atoms with E-state index in [1.807, 2.05) is 0 Å². The lowest BCUT2D eigenvalue weighted by atomic mass is 9.87. The van der Waals surface area contributed by atoms with Crippen LogP contribution in [0, 0.1) is 11.7 Å². The van der Waals surface area contributed by atoms with Gasteiger partial charge in [-0.25, -0.2) is 13.9 Å². The third-order valence-electron chi connectivity index (χ3n) is 3.87. The van der Waals surface area contributed by atoms with Crippen LogP contribution in [0.1, 0.15) is 35.1 Å². The standard InChI is InChI=1S/C15H14BrFN2O2/c1-8-2-5-13-10(6-8)14(15(20)21)18-19(13)9-3-4-12(17)11(16)7-9/h3-4,7-8H,2,5-6H2,1H3,(H,20,21). The summed E-state index contributed by atoms with van der Waals surface area (Å²) in [6.45, 7) is 2.11. The first-order valence-corrected chi connectivity index (χ1v) is 7.56. The van der Waals surface area contributed by atoms with E-state index in [1.54, 1.807) is 16.8 Å². The first-order valence-electron chi connectivity index (χ1n) is 6.77. The van der Waals surface area contributed by atoms with Crippen molar-refractivity contribution in [3.05, 3.63) is 45.4 Å². The van der Waals surface area contributed by atoms with Gasteiger partial charge in [-0.3, -0.25) is 0 Å². The number of aromatic nitrogens is 2. The minimum absolute atomic E-state index is 0.108. The molecule has 0 bridgehead atoms. The van der Waals surface area contributed by atoms with Gasteiger partial charge in [-0.05, 0) is 59.3 Å². The van der Waals surface area contributed by atoms with Gasteiger partial charge in [0.15, 0.2) is 5.69 Å². The molecule has 6 heteroatoms. The van der Waals surface area contributed by atoms with Gasteiger partial charge in [0.05, 0.1) is 10.2 Å². The van der Waals surface area contributed by atoms with Crippen LogP contribution in [-0.2, 0) is 12.8 Å². The first-order chi connectivity index (χ1) is 9.97. The van der Waals surface area contributed by atoms with E-state index in [0.717, 1.165) is 30.5 Å². The van der Waals surface area contributed by atoms with Crippen LogP contribution < -0.4 is 0 Å². The molecule has 1 aliphatic carbocycles. The lowest BCUT2D eigenvalue weighted by molar-refractivity contribution is 0.0688. The summed E-state index contributed by atoms with van der Waals surface area (Å²) in [6, 6.07) is 4.57. The predicted octanol–water partition coefficient (Wildman–Crippen LogP) is 3.60. The second-order valence-corrected chi connectivity index (χ2v) is 6.29. The van der Waals surface area contributed by atoms with Gasteiger partial charge in [0, 0.05) is 11.3 Å². The highest BCUT2D eigenvalue weighted by Gasteiger charge is 2.28. The molecule has 0 fully saturated rings. The molecule has 0 radical (unpaired) electrons. The van der Waals surface area contributed by atoms with Crippen LogP contribution in [0.4, 0.5) is 4.39 Å². The molecule has 2 aromatic rings. The van der Waals surface area contributed by atoms with Crippen molar-refractivity contribution in [3.8, 4) is 5.69 Å². The number of carboxylic acids is 1. The second-order valence-electron chi connectivity index (χ2n) is 5.44. The Morgan fingerprint density at radius 1 is 1.52 bits per heavy atom. The SMILES string of the molecule is CC1CCc2c(c(C(=O)O)nn2-c2ccc(F)c(Br)c2)C1. The lowest BCUT2D eigenvalue weighted by Crippen LogP contribution is -2.14. The maximum absolute atomic E-state index is 13.4. The number of aromatic carboxylic acids is 1. The van der Waals surface area contributed by atoms with Crippen molar-refractivity contribution in [1.29, 1.82) is 0 Å². The normalized spacial score (nSPS) is 17.6. The van der Waals surface area contributed by atoms with E-state index >= 15 is 0 Å². The molecule has 1 heterocycles. The Bertz CT molecular complexity index is 727. The summed E-state index contributed by atoms with van der Waals surface area (Å²) >= 11 is 3.15. The minimum atomic E-state index is -1.01. The highest BCUT2D eigenvalue weighted by molar-refractivity contribution is 9.10. The fourth-order valence-electron chi connectivity index (χ4n) is 2.79. The van der Waals surface area contributed by atoms with Crippen LogP contribution in [0.3, 0.4) is 0 Å². The average Bonchev–Trinajstić information content (AvgIpc) is 2.80. The Balaban J connectivity index is 2.17. The van der Waals surface area contributed by atoms with Crippen molar-refractivity contribution >= 4 is 21.9 Å². The molecule has 0 spiro atoms. The summed E-state index contributed by atoms with van der Waals surface area (Å²) in [4.78, 5) is 11.4. The van der Waals surface area contributed by atoms with Crippen LogP contribution in [0.15, 0.2) is 22.7 Å². The fourth-order valence-corrected chi connectivity index (χ4v) is 3.16. The highest BCUT2D eigenvalue weighted by atomic mass is 79.9. The Labute approximate surface area is 129 Å². The maximum atomic E-state index is 13.4. The largest absolute Gasteiger partial charge is 0.476 e. The number of hydrogen-bond donors (Lipinski definition) is 1. The van der Waals surface area contributed by atoms with Crippen LogP contribution in [0.5, 0.6) is 0 Å². The third-order valence-corrected chi connectivity index (χ3v) is 4.47. The van der Waals surface area contributed by atoms with Crippen molar-refractivity contribution in [2.24, 2.45) is 5.92 Å². The van der Waals surface area contributed by atoms with E-state index in [2.05, 4.69) is 28.0 Å². The summed E-state index contributed by atoms with van der Waals surface area (Å²) in [6.07, 6.45) is 2.51. The van der Waals surface area contributed by atoms with Gasteiger partial charge < -0.3 is 5.11 Å². The fraction of sp³-hybridized carbons (Fsp3) is 0.333. The highest BCUT2D eigenvalue weighted by Crippen LogP contribution is 2.30. The number of benzene rings is 1. The van der Waals surface area contributed by atoms with Gasteiger partial charge in [0.1, 0.15) is 5.82 Å². The summed E-state index contributed by atoms with van der Waals surface area (Å²) in [5.74, 6) is -0.916. The quantitative estimate of drug-likeness (QED) is 0.898. The third kappa shape index (κ3) is 2.48. The Morgan fingerprint density at radius 2 is 2.29 bits per heavy atom. The van der Waals surface area contributed by atoms with E-state index in [4.69, 9.17) is 0 Å². The number of hydrogen-bond acceptors (Lipinski definition) is 2. The average molecular weight is 353 g/mol. The monoisotopic (exact) mass is 352 g/mol. The maximum Gasteiger partial charge on any atom is 0.356 e. The second kappa shape index (κ2) is 5.26. The van der Waals surface area contributed by atoms with Crippen LogP contribution in [0.25, 0.3) is 5.69 Å². The molecule has 1 unspecified atom stereocenters. The number of fused-ring (bicyclic) bond motifs is 1. The molecule has 21 heavy (non-hydrogen) atoms. The van der Waals surface area contributed by atoms with Gasteiger partial charge >= 0.3 is 5.97 Å².